The Labute approximate surface area is 184 Å². The normalized spacial score (nSPS) is 20.5. The first-order valence-corrected chi connectivity index (χ1v) is 11.3. The SMILES string of the molecule is CNc1cc([C@H]2CCCN2C(=O)C2(C)CCN(C(=O)Cc3ccccc3)CC2)ccn1. The van der Waals surface area contributed by atoms with Crippen LogP contribution in [0.2, 0.25) is 0 Å². The Morgan fingerprint density at radius 3 is 2.58 bits per heavy atom. The number of amides is 2. The number of hydrogen-bond donors (Lipinski definition) is 1. The lowest BCUT2D eigenvalue weighted by atomic mass is 9.78. The highest BCUT2D eigenvalue weighted by Crippen LogP contribution is 2.40. The highest BCUT2D eigenvalue weighted by atomic mass is 16.2. The van der Waals surface area contributed by atoms with Crippen LogP contribution >= 0.6 is 0 Å². The molecule has 0 aliphatic carbocycles. The standard InChI is InChI=1S/C25H32N4O2/c1-25(11-15-28(16-12-25)23(30)17-19-7-4-3-5-8-19)24(31)29-14-6-9-21(29)20-10-13-27-22(18-20)26-2/h3-5,7-8,10,13,18,21H,6,9,11-12,14-17H2,1-2H3,(H,26,27)/t21-/m1/s1. The van der Waals surface area contributed by atoms with Crippen molar-refractivity contribution in [2.45, 2.75) is 45.1 Å². The molecule has 0 radical (unpaired) electrons. The number of likely N-dealkylation sites (tertiary alicyclic amines) is 2. The third-order valence-electron chi connectivity index (χ3n) is 6.87. The van der Waals surface area contributed by atoms with Gasteiger partial charge in [-0.25, -0.2) is 4.98 Å². The molecule has 2 aromatic rings. The number of aromatic nitrogens is 1. The summed E-state index contributed by atoms with van der Waals surface area (Å²) in [5.41, 5.74) is 1.77. The number of benzene rings is 1. The van der Waals surface area contributed by atoms with E-state index in [1.54, 1.807) is 6.20 Å². The van der Waals surface area contributed by atoms with E-state index in [0.717, 1.165) is 36.3 Å². The Bertz CT molecular complexity index is 922. The third-order valence-corrected chi connectivity index (χ3v) is 6.87. The molecule has 6 nitrogen and oxygen atoms in total. The molecule has 4 rings (SSSR count). The monoisotopic (exact) mass is 420 g/mol. The van der Waals surface area contributed by atoms with Gasteiger partial charge < -0.3 is 15.1 Å². The second-order valence-corrected chi connectivity index (χ2v) is 8.98. The van der Waals surface area contributed by atoms with E-state index < -0.39 is 5.41 Å². The van der Waals surface area contributed by atoms with Crippen LogP contribution in [0.1, 0.15) is 49.8 Å². The Kier molecular flexibility index (Phi) is 6.25. The van der Waals surface area contributed by atoms with Crippen LogP contribution in [0.4, 0.5) is 5.82 Å². The van der Waals surface area contributed by atoms with E-state index in [1.807, 2.05) is 54.4 Å². The van der Waals surface area contributed by atoms with E-state index in [1.165, 1.54) is 0 Å². The lowest BCUT2D eigenvalue weighted by molar-refractivity contribution is -0.148. The van der Waals surface area contributed by atoms with Gasteiger partial charge in [0.1, 0.15) is 5.82 Å². The van der Waals surface area contributed by atoms with Crippen molar-refractivity contribution in [2.24, 2.45) is 5.41 Å². The van der Waals surface area contributed by atoms with Gasteiger partial charge in [-0.1, -0.05) is 37.3 Å². The molecule has 31 heavy (non-hydrogen) atoms. The Morgan fingerprint density at radius 2 is 1.87 bits per heavy atom. The molecule has 1 aromatic carbocycles. The third kappa shape index (κ3) is 4.58. The van der Waals surface area contributed by atoms with Gasteiger partial charge in [0.2, 0.25) is 11.8 Å². The topological polar surface area (TPSA) is 65.5 Å². The van der Waals surface area contributed by atoms with Crippen LogP contribution in [-0.2, 0) is 16.0 Å². The van der Waals surface area contributed by atoms with Crippen LogP contribution in [-0.4, -0.2) is 53.3 Å². The molecule has 3 heterocycles. The summed E-state index contributed by atoms with van der Waals surface area (Å²) in [6.07, 6.45) is 5.67. The van der Waals surface area contributed by atoms with Gasteiger partial charge in [-0.3, -0.25) is 9.59 Å². The molecule has 2 amide bonds. The fourth-order valence-corrected chi connectivity index (χ4v) is 4.84. The molecule has 1 atom stereocenters. The van der Waals surface area contributed by atoms with Crippen molar-refractivity contribution in [2.75, 3.05) is 32.0 Å². The smallest absolute Gasteiger partial charge is 0.229 e. The number of nitrogens with zero attached hydrogens (tertiary/aromatic N) is 3. The zero-order valence-corrected chi connectivity index (χ0v) is 18.5. The minimum absolute atomic E-state index is 0.108. The van der Waals surface area contributed by atoms with E-state index in [9.17, 15) is 9.59 Å². The molecule has 2 aliphatic heterocycles. The van der Waals surface area contributed by atoms with E-state index in [0.29, 0.717) is 32.4 Å². The largest absolute Gasteiger partial charge is 0.373 e. The summed E-state index contributed by atoms with van der Waals surface area (Å²) in [5.74, 6) is 1.21. The molecule has 0 unspecified atom stereocenters. The number of hydrogen-bond acceptors (Lipinski definition) is 4. The maximum Gasteiger partial charge on any atom is 0.229 e. The lowest BCUT2D eigenvalue weighted by Gasteiger charge is -2.41. The minimum Gasteiger partial charge on any atom is -0.373 e. The molecule has 164 valence electrons. The number of carbonyl (C=O) groups excluding carboxylic acids is 2. The van der Waals surface area contributed by atoms with Gasteiger partial charge in [-0.2, -0.15) is 0 Å². The molecule has 1 aromatic heterocycles. The second kappa shape index (κ2) is 9.08. The number of pyridine rings is 1. The lowest BCUT2D eigenvalue weighted by Crippen LogP contribution is -2.50. The molecular weight excluding hydrogens is 388 g/mol. The molecule has 0 saturated carbocycles. The van der Waals surface area contributed by atoms with E-state index in [4.69, 9.17) is 0 Å². The Hall–Kier alpha value is -2.89. The quantitative estimate of drug-likeness (QED) is 0.802. The van der Waals surface area contributed by atoms with Crippen molar-refractivity contribution in [3.63, 3.8) is 0 Å². The average Bonchev–Trinajstić information content (AvgIpc) is 3.29. The number of nitrogens with one attached hydrogen (secondary N) is 1. The van der Waals surface area contributed by atoms with Gasteiger partial charge in [0.15, 0.2) is 0 Å². The van der Waals surface area contributed by atoms with Crippen molar-refractivity contribution in [3.8, 4) is 0 Å². The van der Waals surface area contributed by atoms with Gasteiger partial charge in [-0.05, 0) is 48.9 Å². The van der Waals surface area contributed by atoms with Crippen LogP contribution in [0.3, 0.4) is 0 Å². The predicted molar refractivity (Wildman–Crippen MR) is 122 cm³/mol. The molecule has 1 N–H and O–H groups in total. The summed E-state index contributed by atoms with van der Waals surface area (Å²) in [7, 11) is 1.86. The van der Waals surface area contributed by atoms with Gasteiger partial charge in [0.05, 0.1) is 12.5 Å². The first-order chi connectivity index (χ1) is 15.0. The number of piperidine rings is 1. The van der Waals surface area contributed by atoms with Crippen LogP contribution in [0.25, 0.3) is 0 Å². The highest BCUT2D eigenvalue weighted by Gasteiger charge is 2.43. The van der Waals surface area contributed by atoms with Crippen LogP contribution in [0.5, 0.6) is 0 Å². The zero-order chi connectivity index (χ0) is 21.8. The molecule has 2 saturated heterocycles. The van der Waals surface area contributed by atoms with E-state index >= 15 is 0 Å². The van der Waals surface area contributed by atoms with Gasteiger partial charge >= 0.3 is 0 Å². The maximum absolute atomic E-state index is 13.6. The van der Waals surface area contributed by atoms with E-state index in [2.05, 4.69) is 22.1 Å². The Balaban J connectivity index is 1.40. The number of anilines is 1. The van der Waals surface area contributed by atoms with Crippen molar-refractivity contribution >= 4 is 17.6 Å². The molecule has 6 heteroatoms. The summed E-state index contributed by atoms with van der Waals surface area (Å²) < 4.78 is 0. The Morgan fingerprint density at radius 1 is 1.13 bits per heavy atom. The van der Waals surface area contributed by atoms with Crippen LogP contribution < -0.4 is 5.32 Å². The summed E-state index contributed by atoms with van der Waals surface area (Å²) in [6, 6.07) is 14.0. The van der Waals surface area contributed by atoms with Crippen molar-refractivity contribution in [3.05, 3.63) is 59.8 Å². The second-order valence-electron chi connectivity index (χ2n) is 8.98. The fourth-order valence-electron chi connectivity index (χ4n) is 4.84. The molecular formula is C25H32N4O2. The van der Waals surface area contributed by atoms with Crippen LogP contribution in [0, 0.1) is 5.41 Å². The molecule has 0 bridgehead atoms. The minimum atomic E-state index is -0.412. The first-order valence-electron chi connectivity index (χ1n) is 11.3. The van der Waals surface area contributed by atoms with Gasteiger partial charge in [0.25, 0.3) is 0 Å². The van der Waals surface area contributed by atoms with Crippen molar-refractivity contribution in [1.29, 1.82) is 0 Å². The fraction of sp³-hybridized carbons (Fsp3) is 0.480. The number of rotatable bonds is 5. The summed E-state index contributed by atoms with van der Waals surface area (Å²) in [5, 5.41) is 3.09. The molecule has 2 fully saturated rings. The van der Waals surface area contributed by atoms with Crippen LogP contribution in [0.15, 0.2) is 48.7 Å². The summed E-state index contributed by atoms with van der Waals surface area (Å²) in [6.45, 7) is 4.17. The van der Waals surface area contributed by atoms with Crippen molar-refractivity contribution in [1.82, 2.24) is 14.8 Å². The van der Waals surface area contributed by atoms with Gasteiger partial charge in [0, 0.05) is 38.3 Å². The predicted octanol–water partition coefficient (Wildman–Crippen LogP) is 3.66. The summed E-state index contributed by atoms with van der Waals surface area (Å²) >= 11 is 0. The average molecular weight is 421 g/mol. The van der Waals surface area contributed by atoms with E-state index in [-0.39, 0.29) is 17.9 Å². The maximum atomic E-state index is 13.6. The summed E-state index contributed by atoms with van der Waals surface area (Å²) in [4.78, 5) is 34.6. The highest BCUT2D eigenvalue weighted by molar-refractivity contribution is 5.84. The van der Waals surface area contributed by atoms with Crippen molar-refractivity contribution < 1.29 is 9.59 Å². The first kappa shape index (κ1) is 21.3. The molecule has 2 aliphatic rings. The molecule has 0 spiro atoms. The van der Waals surface area contributed by atoms with Gasteiger partial charge in [-0.15, -0.1) is 0 Å². The zero-order valence-electron chi connectivity index (χ0n) is 18.5. The number of carbonyl (C=O) groups is 2.